The van der Waals surface area contributed by atoms with Gasteiger partial charge in [0.05, 0.1) is 12.7 Å². The molecule has 0 radical (unpaired) electrons. The first-order valence-electron chi connectivity index (χ1n) is 7.05. The maximum absolute atomic E-state index is 9.67. The molecule has 0 saturated heterocycles. The van der Waals surface area contributed by atoms with Crippen molar-refractivity contribution in [1.29, 1.82) is 0 Å². The Morgan fingerprint density at radius 3 is 2.84 bits per heavy atom. The van der Waals surface area contributed by atoms with Crippen molar-refractivity contribution in [3.05, 3.63) is 28.8 Å². The highest BCUT2D eigenvalue weighted by Gasteiger charge is 2.12. The van der Waals surface area contributed by atoms with Crippen LogP contribution < -0.4 is 5.32 Å². The van der Waals surface area contributed by atoms with Gasteiger partial charge in [-0.2, -0.15) is 0 Å². The number of rotatable bonds is 6. The van der Waals surface area contributed by atoms with Gasteiger partial charge in [0, 0.05) is 23.7 Å². The van der Waals surface area contributed by atoms with Gasteiger partial charge in [-0.3, -0.25) is 0 Å². The predicted octanol–water partition coefficient (Wildman–Crippen LogP) is 3.48. The predicted molar refractivity (Wildman–Crippen MR) is 77.6 cm³/mol. The average Bonchev–Trinajstić information content (AvgIpc) is 2.43. The second-order valence-corrected chi connectivity index (χ2v) is 5.52. The smallest absolute Gasteiger partial charge is 0.120 e. The summed E-state index contributed by atoms with van der Waals surface area (Å²) in [6.07, 6.45) is 6.81. The SMILES string of the molecule is Oc1ccc(Cl)cc1CNCCOC1CCCCC1. The Bertz CT molecular complexity index is 392. The number of phenolic OH excluding ortho intramolecular Hbond substituents is 1. The number of ether oxygens (including phenoxy) is 1. The van der Waals surface area contributed by atoms with E-state index >= 15 is 0 Å². The van der Waals surface area contributed by atoms with Gasteiger partial charge >= 0.3 is 0 Å². The molecule has 0 spiro atoms. The Morgan fingerprint density at radius 2 is 2.05 bits per heavy atom. The number of hydrogen-bond acceptors (Lipinski definition) is 3. The highest BCUT2D eigenvalue weighted by molar-refractivity contribution is 6.30. The Morgan fingerprint density at radius 1 is 1.26 bits per heavy atom. The molecule has 4 heteroatoms. The van der Waals surface area contributed by atoms with Crippen LogP contribution in [0.4, 0.5) is 0 Å². The van der Waals surface area contributed by atoms with E-state index in [9.17, 15) is 5.11 Å². The van der Waals surface area contributed by atoms with E-state index in [1.165, 1.54) is 32.1 Å². The van der Waals surface area contributed by atoms with Gasteiger partial charge in [0.1, 0.15) is 5.75 Å². The molecule has 1 aromatic rings. The first kappa shape index (κ1) is 14.6. The molecule has 0 atom stereocenters. The van der Waals surface area contributed by atoms with Crippen molar-refractivity contribution in [2.75, 3.05) is 13.2 Å². The van der Waals surface area contributed by atoms with Crippen molar-refractivity contribution >= 4 is 11.6 Å². The Hall–Kier alpha value is -0.770. The van der Waals surface area contributed by atoms with Gasteiger partial charge in [0.2, 0.25) is 0 Å². The monoisotopic (exact) mass is 283 g/mol. The van der Waals surface area contributed by atoms with E-state index in [2.05, 4.69) is 5.32 Å². The Kier molecular flexibility index (Phi) is 5.95. The molecule has 0 heterocycles. The van der Waals surface area contributed by atoms with Crippen LogP contribution in [-0.2, 0) is 11.3 Å². The molecule has 3 nitrogen and oxygen atoms in total. The number of hydrogen-bond donors (Lipinski definition) is 2. The van der Waals surface area contributed by atoms with Crippen LogP contribution >= 0.6 is 11.6 Å². The molecule has 2 N–H and O–H groups in total. The standard InChI is InChI=1S/C15H22ClNO2/c16-13-6-7-15(18)12(10-13)11-17-8-9-19-14-4-2-1-3-5-14/h6-7,10,14,17-18H,1-5,8-9,11H2. The largest absolute Gasteiger partial charge is 0.508 e. The highest BCUT2D eigenvalue weighted by Crippen LogP contribution is 2.21. The van der Waals surface area contributed by atoms with Crippen molar-refractivity contribution in [3.8, 4) is 5.75 Å². The summed E-state index contributed by atoms with van der Waals surface area (Å²) in [5.41, 5.74) is 0.824. The lowest BCUT2D eigenvalue weighted by atomic mass is 9.98. The van der Waals surface area contributed by atoms with E-state index in [4.69, 9.17) is 16.3 Å². The first-order valence-corrected chi connectivity index (χ1v) is 7.43. The summed E-state index contributed by atoms with van der Waals surface area (Å²) in [5.74, 6) is 0.282. The number of nitrogens with one attached hydrogen (secondary N) is 1. The summed E-state index contributed by atoms with van der Waals surface area (Å²) in [7, 11) is 0. The van der Waals surface area contributed by atoms with Crippen molar-refractivity contribution in [3.63, 3.8) is 0 Å². The molecule has 2 rings (SSSR count). The third kappa shape index (κ3) is 5.01. The number of benzene rings is 1. The summed E-state index contributed by atoms with van der Waals surface area (Å²) < 4.78 is 5.82. The Labute approximate surface area is 119 Å². The zero-order valence-electron chi connectivity index (χ0n) is 11.2. The fourth-order valence-electron chi connectivity index (χ4n) is 2.45. The zero-order chi connectivity index (χ0) is 13.5. The van der Waals surface area contributed by atoms with Crippen LogP contribution in [0.2, 0.25) is 5.02 Å². The van der Waals surface area contributed by atoms with Gasteiger partial charge in [-0.1, -0.05) is 30.9 Å². The fourth-order valence-corrected chi connectivity index (χ4v) is 2.64. The van der Waals surface area contributed by atoms with Gasteiger partial charge in [-0.15, -0.1) is 0 Å². The van der Waals surface area contributed by atoms with E-state index in [0.717, 1.165) is 18.7 Å². The number of aromatic hydroxyl groups is 1. The number of halogens is 1. The fraction of sp³-hybridized carbons (Fsp3) is 0.600. The maximum atomic E-state index is 9.67. The molecular weight excluding hydrogens is 262 g/mol. The molecule has 0 aromatic heterocycles. The number of phenols is 1. The minimum absolute atomic E-state index is 0.282. The van der Waals surface area contributed by atoms with Crippen LogP contribution in [-0.4, -0.2) is 24.4 Å². The molecule has 106 valence electrons. The van der Waals surface area contributed by atoms with E-state index in [1.807, 2.05) is 0 Å². The lowest BCUT2D eigenvalue weighted by molar-refractivity contribution is 0.0302. The summed E-state index contributed by atoms with van der Waals surface area (Å²) in [5, 5.41) is 13.6. The molecule has 1 aliphatic rings. The van der Waals surface area contributed by atoms with E-state index < -0.39 is 0 Å². The average molecular weight is 284 g/mol. The minimum Gasteiger partial charge on any atom is -0.508 e. The van der Waals surface area contributed by atoms with Crippen LogP contribution in [0.25, 0.3) is 0 Å². The van der Waals surface area contributed by atoms with Gasteiger partial charge in [-0.05, 0) is 31.0 Å². The van der Waals surface area contributed by atoms with Crippen molar-refractivity contribution < 1.29 is 9.84 Å². The topological polar surface area (TPSA) is 41.5 Å². The van der Waals surface area contributed by atoms with Crippen LogP contribution in [0, 0.1) is 0 Å². The second kappa shape index (κ2) is 7.73. The summed E-state index contributed by atoms with van der Waals surface area (Å²) in [6, 6.07) is 5.09. The molecule has 0 amide bonds. The van der Waals surface area contributed by atoms with E-state index in [-0.39, 0.29) is 5.75 Å². The normalized spacial score (nSPS) is 16.7. The molecule has 1 fully saturated rings. The second-order valence-electron chi connectivity index (χ2n) is 5.08. The minimum atomic E-state index is 0.282. The van der Waals surface area contributed by atoms with E-state index in [1.54, 1.807) is 18.2 Å². The van der Waals surface area contributed by atoms with Crippen LogP contribution in [0.15, 0.2) is 18.2 Å². The van der Waals surface area contributed by atoms with Crippen LogP contribution in [0.1, 0.15) is 37.7 Å². The van der Waals surface area contributed by atoms with Crippen LogP contribution in [0.3, 0.4) is 0 Å². The summed E-state index contributed by atoms with van der Waals surface area (Å²) >= 11 is 5.89. The van der Waals surface area contributed by atoms with Crippen molar-refractivity contribution in [2.24, 2.45) is 0 Å². The highest BCUT2D eigenvalue weighted by atomic mass is 35.5. The van der Waals surface area contributed by atoms with Gasteiger partial charge < -0.3 is 15.2 Å². The maximum Gasteiger partial charge on any atom is 0.120 e. The molecule has 1 aromatic carbocycles. The third-order valence-corrected chi connectivity index (χ3v) is 3.78. The summed E-state index contributed by atoms with van der Waals surface area (Å²) in [6.45, 7) is 2.13. The lowest BCUT2D eigenvalue weighted by Gasteiger charge is -2.22. The molecule has 0 aliphatic heterocycles. The zero-order valence-corrected chi connectivity index (χ0v) is 12.0. The van der Waals surface area contributed by atoms with Gasteiger partial charge in [-0.25, -0.2) is 0 Å². The summed E-state index contributed by atoms with van der Waals surface area (Å²) in [4.78, 5) is 0. The third-order valence-electron chi connectivity index (χ3n) is 3.54. The molecule has 0 bridgehead atoms. The van der Waals surface area contributed by atoms with Crippen molar-refractivity contribution in [2.45, 2.75) is 44.8 Å². The van der Waals surface area contributed by atoms with Gasteiger partial charge in [0.15, 0.2) is 0 Å². The lowest BCUT2D eigenvalue weighted by Crippen LogP contribution is -2.24. The van der Waals surface area contributed by atoms with Crippen molar-refractivity contribution in [1.82, 2.24) is 5.32 Å². The molecule has 19 heavy (non-hydrogen) atoms. The van der Waals surface area contributed by atoms with Crippen LogP contribution in [0.5, 0.6) is 5.75 Å². The van der Waals surface area contributed by atoms with E-state index in [0.29, 0.717) is 17.7 Å². The molecule has 1 saturated carbocycles. The molecular formula is C15H22ClNO2. The quantitative estimate of drug-likeness (QED) is 0.786. The molecule has 0 unspecified atom stereocenters. The molecule has 1 aliphatic carbocycles. The van der Waals surface area contributed by atoms with Gasteiger partial charge in [0.25, 0.3) is 0 Å². The first-order chi connectivity index (χ1) is 9.25. The Balaban J connectivity index is 1.62.